The van der Waals surface area contributed by atoms with Gasteiger partial charge < -0.3 is 15.4 Å². The van der Waals surface area contributed by atoms with E-state index in [-0.39, 0.29) is 17.3 Å². The first-order chi connectivity index (χ1) is 14.6. The van der Waals surface area contributed by atoms with Crippen molar-refractivity contribution in [1.29, 1.82) is 0 Å². The molecule has 1 unspecified atom stereocenters. The normalized spacial score (nSPS) is 20.4. The average molecular weight is 415 g/mol. The van der Waals surface area contributed by atoms with Gasteiger partial charge in [0.2, 0.25) is 0 Å². The van der Waals surface area contributed by atoms with E-state index in [1.54, 1.807) is 19.2 Å². The molecule has 2 heterocycles. The van der Waals surface area contributed by atoms with Gasteiger partial charge in [-0.3, -0.25) is 4.99 Å². The number of benzene rings is 1. The van der Waals surface area contributed by atoms with E-state index in [0.29, 0.717) is 13.2 Å². The number of hydrogen-bond donors (Lipinski definition) is 2. The highest BCUT2D eigenvalue weighted by molar-refractivity contribution is 5.80. The third-order valence-corrected chi connectivity index (χ3v) is 6.17. The summed E-state index contributed by atoms with van der Waals surface area (Å²) in [6.45, 7) is 4.78. The van der Waals surface area contributed by atoms with Crippen LogP contribution in [0.4, 0.5) is 4.39 Å². The van der Waals surface area contributed by atoms with Crippen molar-refractivity contribution in [2.75, 3.05) is 20.2 Å². The van der Waals surface area contributed by atoms with Gasteiger partial charge in [-0.1, -0.05) is 18.6 Å². The maximum absolute atomic E-state index is 13.4. The summed E-state index contributed by atoms with van der Waals surface area (Å²) in [5, 5.41) is 11.5. The number of hydrogen-bond acceptors (Lipinski definition) is 4. The molecule has 7 nitrogen and oxygen atoms in total. The summed E-state index contributed by atoms with van der Waals surface area (Å²) >= 11 is 0. The molecular weight excluding hydrogens is 383 g/mol. The van der Waals surface area contributed by atoms with Crippen molar-refractivity contribution in [1.82, 2.24) is 25.4 Å². The maximum Gasteiger partial charge on any atom is 0.191 e. The monoisotopic (exact) mass is 414 g/mol. The molecule has 4 rings (SSSR count). The minimum Gasteiger partial charge on any atom is -0.377 e. The molecule has 0 bridgehead atoms. The molecule has 1 aliphatic carbocycles. The first-order valence-electron chi connectivity index (χ1n) is 10.8. The molecule has 1 aromatic heterocycles. The zero-order valence-corrected chi connectivity index (χ0v) is 17.8. The number of nitrogens with zero attached hydrogens (tertiary/aromatic N) is 4. The van der Waals surface area contributed by atoms with E-state index in [1.807, 2.05) is 16.8 Å². The molecule has 1 aromatic carbocycles. The number of halogens is 1. The van der Waals surface area contributed by atoms with Gasteiger partial charge >= 0.3 is 0 Å². The summed E-state index contributed by atoms with van der Waals surface area (Å²) in [4.78, 5) is 9.47. The topological polar surface area (TPSA) is 76.4 Å². The summed E-state index contributed by atoms with van der Waals surface area (Å²) < 4.78 is 20.5. The smallest absolute Gasteiger partial charge is 0.191 e. The van der Waals surface area contributed by atoms with Gasteiger partial charge in [0, 0.05) is 31.5 Å². The van der Waals surface area contributed by atoms with Crippen molar-refractivity contribution in [2.45, 2.75) is 63.6 Å². The number of aryl methyl sites for hydroxylation is 1. The zero-order valence-electron chi connectivity index (χ0n) is 17.8. The fourth-order valence-electron chi connectivity index (χ4n) is 4.36. The van der Waals surface area contributed by atoms with Gasteiger partial charge in [-0.05, 0) is 43.9 Å². The van der Waals surface area contributed by atoms with E-state index in [1.165, 1.54) is 12.0 Å². The largest absolute Gasteiger partial charge is 0.377 e. The Morgan fingerprint density at radius 1 is 1.33 bits per heavy atom. The molecule has 1 fully saturated rings. The summed E-state index contributed by atoms with van der Waals surface area (Å²) in [7, 11) is 1.66. The van der Waals surface area contributed by atoms with E-state index in [0.717, 1.165) is 56.4 Å². The van der Waals surface area contributed by atoms with E-state index >= 15 is 0 Å². The number of ether oxygens (including phenoxy) is 1. The molecular formula is C22H31FN6O. The Morgan fingerprint density at radius 3 is 2.80 bits per heavy atom. The van der Waals surface area contributed by atoms with Crippen LogP contribution in [0.25, 0.3) is 0 Å². The van der Waals surface area contributed by atoms with E-state index < -0.39 is 0 Å². The van der Waals surface area contributed by atoms with Gasteiger partial charge in [0.1, 0.15) is 18.2 Å². The standard InChI is InChI=1S/C22H31FN6O/c1-3-24-21(25-15-22(11-4-12-22)16-5-7-17(23)8-6-16)26-18-9-10-20-27-19(14-30-2)28-29(20)13-18/h5-8,18H,3-4,9-15H2,1-2H3,(H2,24,25,26). The number of nitrogens with one attached hydrogen (secondary N) is 2. The van der Waals surface area contributed by atoms with Crippen LogP contribution in [0.15, 0.2) is 29.3 Å². The second-order valence-corrected chi connectivity index (χ2v) is 8.28. The third-order valence-electron chi connectivity index (χ3n) is 6.17. The van der Waals surface area contributed by atoms with E-state index in [4.69, 9.17) is 9.73 Å². The van der Waals surface area contributed by atoms with Crippen molar-refractivity contribution in [2.24, 2.45) is 4.99 Å². The van der Waals surface area contributed by atoms with Crippen LogP contribution < -0.4 is 10.6 Å². The lowest BCUT2D eigenvalue weighted by atomic mass is 9.64. The first kappa shape index (κ1) is 20.8. The van der Waals surface area contributed by atoms with Crippen LogP contribution in [0.3, 0.4) is 0 Å². The Morgan fingerprint density at radius 2 is 2.13 bits per heavy atom. The van der Waals surface area contributed by atoms with Crippen LogP contribution in [0.5, 0.6) is 0 Å². The summed E-state index contributed by atoms with van der Waals surface area (Å²) in [6.07, 6.45) is 5.25. The fraction of sp³-hybridized carbons (Fsp3) is 0.591. The second-order valence-electron chi connectivity index (χ2n) is 8.28. The van der Waals surface area contributed by atoms with Gasteiger partial charge in [-0.15, -0.1) is 0 Å². The fourth-order valence-corrected chi connectivity index (χ4v) is 4.36. The van der Waals surface area contributed by atoms with Crippen LogP contribution >= 0.6 is 0 Å². The average Bonchev–Trinajstić information content (AvgIpc) is 3.10. The van der Waals surface area contributed by atoms with Crippen LogP contribution in [-0.4, -0.2) is 47.0 Å². The number of rotatable bonds is 7. The van der Waals surface area contributed by atoms with Crippen molar-refractivity contribution in [3.8, 4) is 0 Å². The Labute approximate surface area is 177 Å². The summed E-state index contributed by atoms with van der Waals surface area (Å²) in [6, 6.07) is 7.18. The predicted octanol–water partition coefficient (Wildman–Crippen LogP) is 2.56. The molecule has 1 aliphatic heterocycles. The number of guanidine groups is 1. The van der Waals surface area contributed by atoms with Crippen molar-refractivity contribution in [3.63, 3.8) is 0 Å². The van der Waals surface area contributed by atoms with Gasteiger partial charge in [0.25, 0.3) is 0 Å². The van der Waals surface area contributed by atoms with E-state index in [2.05, 4.69) is 27.6 Å². The number of methoxy groups -OCH3 is 1. The van der Waals surface area contributed by atoms with Crippen LogP contribution in [0.1, 0.15) is 49.8 Å². The lowest BCUT2D eigenvalue weighted by molar-refractivity contribution is 0.177. The number of aromatic nitrogens is 3. The SMILES string of the molecule is CCNC(=NCC1(c2ccc(F)cc2)CCC1)NC1CCc2nc(COC)nn2C1. The molecule has 2 aliphatic rings. The Bertz CT molecular complexity index is 874. The minimum atomic E-state index is -0.190. The van der Waals surface area contributed by atoms with Crippen molar-refractivity contribution >= 4 is 5.96 Å². The highest BCUT2D eigenvalue weighted by Crippen LogP contribution is 2.44. The van der Waals surface area contributed by atoms with Crippen LogP contribution in [0.2, 0.25) is 0 Å². The third kappa shape index (κ3) is 4.48. The Hall–Kier alpha value is -2.48. The zero-order chi connectivity index (χ0) is 21.0. The van der Waals surface area contributed by atoms with Crippen molar-refractivity contribution < 1.29 is 9.13 Å². The lowest BCUT2D eigenvalue weighted by Crippen LogP contribution is -2.48. The Kier molecular flexibility index (Phi) is 6.32. The molecule has 8 heteroatoms. The molecule has 0 saturated heterocycles. The molecule has 2 N–H and O–H groups in total. The predicted molar refractivity (Wildman–Crippen MR) is 114 cm³/mol. The number of fused-ring (bicyclic) bond motifs is 1. The van der Waals surface area contributed by atoms with Gasteiger partial charge in [0.15, 0.2) is 11.8 Å². The quantitative estimate of drug-likeness (QED) is 0.538. The van der Waals surface area contributed by atoms with Crippen LogP contribution in [-0.2, 0) is 29.7 Å². The van der Waals surface area contributed by atoms with E-state index in [9.17, 15) is 4.39 Å². The molecule has 0 amide bonds. The van der Waals surface area contributed by atoms with Crippen LogP contribution in [0, 0.1) is 5.82 Å². The molecule has 1 saturated carbocycles. The van der Waals surface area contributed by atoms with Crippen molar-refractivity contribution in [3.05, 3.63) is 47.3 Å². The maximum atomic E-state index is 13.4. The van der Waals surface area contributed by atoms with Gasteiger partial charge in [0.05, 0.1) is 13.1 Å². The summed E-state index contributed by atoms with van der Waals surface area (Å²) in [5.74, 6) is 2.40. The highest BCUT2D eigenvalue weighted by atomic mass is 19.1. The number of aliphatic imine (C=N–C) groups is 1. The molecule has 0 radical (unpaired) electrons. The van der Waals surface area contributed by atoms with Gasteiger partial charge in [-0.25, -0.2) is 14.1 Å². The first-order valence-corrected chi connectivity index (χ1v) is 10.8. The Balaban J connectivity index is 1.43. The molecule has 2 aromatic rings. The highest BCUT2D eigenvalue weighted by Gasteiger charge is 2.38. The summed E-state index contributed by atoms with van der Waals surface area (Å²) in [5.41, 5.74) is 1.21. The molecule has 30 heavy (non-hydrogen) atoms. The second kappa shape index (κ2) is 9.12. The lowest BCUT2D eigenvalue weighted by Gasteiger charge is -2.41. The minimum absolute atomic E-state index is 0.0245. The molecule has 1 atom stereocenters. The molecule has 0 spiro atoms. The molecule has 162 valence electrons. The van der Waals surface area contributed by atoms with Gasteiger partial charge in [-0.2, -0.15) is 5.10 Å².